The molecule has 0 aromatic heterocycles. The van der Waals surface area contributed by atoms with Crippen LogP contribution in [0.2, 0.25) is 0 Å². The van der Waals surface area contributed by atoms with Crippen LogP contribution in [0.25, 0.3) is 0 Å². The van der Waals surface area contributed by atoms with E-state index in [1.807, 2.05) is 41.3 Å². The van der Waals surface area contributed by atoms with Crippen LogP contribution >= 0.6 is 0 Å². The molecular formula is C23H26FNO3. The Morgan fingerprint density at radius 2 is 1.71 bits per heavy atom. The molecule has 2 bridgehead atoms. The lowest BCUT2D eigenvalue weighted by atomic mass is 9.82. The summed E-state index contributed by atoms with van der Waals surface area (Å²) >= 11 is 0. The van der Waals surface area contributed by atoms with Crippen molar-refractivity contribution in [2.75, 3.05) is 0 Å². The van der Waals surface area contributed by atoms with Crippen molar-refractivity contribution in [3.63, 3.8) is 0 Å². The summed E-state index contributed by atoms with van der Waals surface area (Å²) < 4.78 is 19.4. The Hall–Kier alpha value is -2.40. The molecular weight excluding hydrogens is 357 g/mol. The van der Waals surface area contributed by atoms with E-state index in [1.165, 1.54) is 6.07 Å². The molecule has 2 fully saturated rings. The SMILES string of the molecule is O=C(OCc1ccccc1)N1C2CCC1CC(O)(CCc1ccccc1F)C2. The van der Waals surface area contributed by atoms with E-state index < -0.39 is 5.60 Å². The molecule has 28 heavy (non-hydrogen) atoms. The van der Waals surface area contributed by atoms with Crippen molar-refractivity contribution >= 4 is 6.09 Å². The zero-order chi connectivity index (χ0) is 19.6. The summed E-state index contributed by atoms with van der Waals surface area (Å²) in [5.41, 5.74) is 0.735. The number of hydrogen-bond acceptors (Lipinski definition) is 3. The maximum absolute atomic E-state index is 13.9. The van der Waals surface area contributed by atoms with Crippen molar-refractivity contribution in [2.24, 2.45) is 0 Å². The first-order valence-electron chi connectivity index (χ1n) is 9.99. The van der Waals surface area contributed by atoms with Crippen LogP contribution in [0.4, 0.5) is 9.18 Å². The predicted molar refractivity (Wildman–Crippen MR) is 104 cm³/mol. The first kappa shape index (κ1) is 18.9. The molecule has 2 atom stereocenters. The molecule has 0 aliphatic carbocycles. The number of rotatable bonds is 5. The topological polar surface area (TPSA) is 49.8 Å². The van der Waals surface area contributed by atoms with Gasteiger partial charge in [0.15, 0.2) is 0 Å². The summed E-state index contributed by atoms with van der Waals surface area (Å²) in [6.45, 7) is 0.257. The first-order chi connectivity index (χ1) is 13.5. The van der Waals surface area contributed by atoms with E-state index >= 15 is 0 Å². The molecule has 2 aliphatic heterocycles. The smallest absolute Gasteiger partial charge is 0.410 e. The number of nitrogens with zero attached hydrogens (tertiary/aromatic N) is 1. The third-order valence-electron chi connectivity index (χ3n) is 6.08. The number of carbonyl (C=O) groups is 1. The van der Waals surface area contributed by atoms with Gasteiger partial charge in [0, 0.05) is 12.1 Å². The van der Waals surface area contributed by atoms with Crippen molar-refractivity contribution in [3.05, 3.63) is 71.5 Å². The van der Waals surface area contributed by atoms with E-state index in [4.69, 9.17) is 4.74 Å². The molecule has 0 spiro atoms. The van der Waals surface area contributed by atoms with E-state index in [1.54, 1.807) is 12.1 Å². The molecule has 148 valence electrons. The molecule has 1 N–H and O–H groups in total. The van der Waals surface area contributed by atoms with Crippen LogP contribution in [0, 0.1) is 5.82 Å². The Kier molecular flexibility index (Phi) is 5.36. The Morgan fingerprint density at radius 3 is 2.39 bits per heavy atom. The highest BCUT2D eigenvalue weighted by Gasteiger charge is 2.49. The van der Waals surface area contributed by atoms with E-state index in [9.17, 15) is 14.3 Å². The minimum Gasteiger partial charge on any atom is -0.445 e. The van der Waals surface area contributed by atoms with Crippen molar-refractivity contribution in [1.82, 2.24) is 4.90 Å². The van der Waals surface area contributed by atoms with E-state index in [2.05, 4.69) is 0 Å². The zero-order valence-corrected chi connectivity index (χ0v) is 15.9. The second-order valence-corrected chi connectivity index (χ2v) is 8.06. The maximum Gasteiger partial charge on any atom is 0.410 e. The van der Waals surface area contributed by atoms with Crippen molar-refractivity contribution in [2.45, 2.75) is 62.8 Å². The lowest BCUT2D eigenvalue weighted by molar-refractivity contribution is -0.0539. The van der Waals surface area contributed by atoms with Gasteiger partial charge in [-0.25, -0.2) is 9.18 Å². The second-order valence-electron chi connectivity index (χ2n) is 8.06. The van der Waals surface area contributed by atoms with E-state index in [0.29, 0.717) is 31.2 Å². The van der Waals surface area contributed by atoms with Crippen molar-refractivity contribution in [1.29, 1.82) is 0 Å². The number of aryl methyl sites for hydroxylation is 1. The third-order valence-corrected chi connectivity index (χ3v) is 6.08. The highest BCUT2D eigenvalue weighted by Crippen LogP contribution is 2.43. The van der Waals surface area contributed by atoms with Gasteiger partial charge in [0.2, 0.25) is 0 Å². The fraction of sp³-hybridized carbons (Fsp3) is 0.435. The van der Waals surface area contributed by atoms with Crippen LogP contribution in [-0.2, 0) is 17.8 Å². The van der Waals surface area contributed by atoms with Gasteiger partial charge < -0.3 is 14.7 Å². The first-order valence-corrected chi connectivity index (χ1v) is 9.99. The number of benzene rings is 2. The Bertz CT molecular complexity index is 812. The normalized spacial score (nSPS) is 26.3. The second kappa shape index (κ2) is 7.92. The fourth-order valence-electron chi connectivity index (χ4n) is 4.69. The summed E-state index contributed by atoms with van der Waals surface area (Å²) in [5.74, 6) is -0.226. The molecule has 0 radical (unpaired) electrons. The van der Waals surface area contributed by atoms with Gasteiger partial charge in [-0.1, -0.05) is 48.5 Å². The van der Waals surface area contributed by atoms with E-state index in [0.717, 1.165) is 18.4 Å². The van der Waals surface area contributed by atoms with Crippen LogP contribution < -0.4 is 0 Å². The Morgan fingerprint density at radius 1 is 1.07 bits per heavy atom. The van der Waals surface area contributed by atoms with Crippen LogP contribution in [0.1, 0.15) is 43.2 Å². The van der Waals surface area contributed by atoms with Crippen LogP contribution in [-0.4, -0.2) is 33.8 Å². The minimum atomic E-state index is -0.857. The number of carbonyl (C=O) groups excluding carboxylic acids is 1. The molecule has 2 aromatic rings. The highest BCUT2D eigenvalue weighted by molar-refractivity contribution is 5.69. The highest BCUT2D eigenvalue weighted by atomic mass is 19.1. The summed E-state index contributed by atoms with van der Waals surface area (Å²) in [4.78, 5) is 14.5. The average Bonchev–Trinajstić information content (AvgIpc) is 2.99. The minimum absolute atomic E-state index is 0.00681. The number of ether oxygens (including phenoxy) is 1. The van der Waals surface area contributed by atoms with Crippen LogP contribution in [0.3, 0.4) is 0 Å². The molecule has 2 heterocycles. The molecule has 0 saturated carbocycles. The van der Waals surface area contributed by atoms with Gasteiger partial charge in [0.1, 0.15) is 12.4 Å². The average molecular weight is 383 g/mol. The van der Waals surface area contributed by atoms with E-state index in [-0.39, 0.29) is 30.6 Å². The summed E-state index contributed by atoms with van der Waals surface area (Å²) in [6.07, 6.45) is 3.53. The summed E-state index contributed by atoms with van der Waals surface area (Å²) in [7, 11) is 0. The molecule has 4 rings (SSSR count). The van der Waals surface area contributed by atoms with Gasteiger partial charge in [-0.15, -0.1) is 0 Å². The van der Waals surface area contributed by atoms with Gasteiger partial charge in [-0.3, -0.25) is 0 Å². The summed E-state index contributed by atoms with van der Waals surface area (Å²) in [5, 5.41) is 11.1. The Balaban J connectivity index is 1.35. The fourth-order valence-corrected chi connectivity index (χ4v) is 4.69. The number of aliphatic hydroxyl groups is 1. The largest absolute Gasteiger partial charge is 0.445 e. The monoisotopic (exact) mass is 383 g/mol. The predicted octanol–water partition coefficient (Wildman–Crippen LogP) is 4.45. The molecule has 1 amide bonds. The number of fused-ring (bicyclic) bond motifs is 2. The number of hydrogen-bond donors (Lipinski definition) is 1. The van der Waals surface area contributed by atoms with Crippen LogP contribution in [0.5, 0.6) is 0 Å². The molecule has 5 heteroatoms. The molecule has 2 aromatic carbocycles. The maximum atomic E-state index is 13.9. The molecule has 2 unspecified atom stereocenters. The molecule has 2 aliphatic rings. The lowest BCUT2D eigenvalue weighted by Crippen LogP contribution is -2.53. The van der Waals surface area contributed by atoms with Gasteiger partial charge in [0.25, 0.3) is 0 Å². The van der Waals surface area contributed by atoms with Crippen molar-refractivity contribution < 1.29 is 19.0 Å². The quantitative estimate of drug-likeness (QED) is 0.830. The summed E-state index contributed by atoms with van der Waals surface area (Å²) in [6, 6.07) is 16.3. The van der Waals surface area contributed by atoms with Crippen molar-refractivity contribution in [3.8, 4) is 0 Å². The third kappa shape index (κ3) is 4.04. The Labute approximate surface area is 164 Å². The van der Waals surface area contributed by atoms with Gasteiger partial charge in [-0.2, -0.15) is 0 Å². The van der Waals surface area contributed by atoms with Gasteiger partial charge in [0.05, 0.1) is 5.60 Å². The number of halogens is 1. The van der Waals surface area contributed by atoms with Gasteiger partial charge in [-0.05, 0) is 55.7 Å². The van der Waals surface area contributed by atoms with Gasteiger partial charge >= 0.3 is 6.09 Å². The lowest BCUT2D eigenvalue weighted by Gasteiger charge is -2.43. The van der Waals surface area contributed by atoms with Crippen LogP contribution in [0.15, 0.2) is 54.6 Å². The number of amides is 1. The number of piperidine rings is 1. The molecule has 4 nitrogen and oxygen atoms in total. The zero-order valence-electron chi connectivity index (χ0n) is 15.9. The molecule has 2 saturated heterocycles. The standard InChI is InChI=1S/C23H26FNO3/c24-21-9-5-4-8-18(21)12-13-23(27)14-19-10-11-20(15-23)25(19)22(26)28-16-17-6-2-1-3-7-17/h1-9,19-20,27H,10-16H2.